The molecule has 0 saturated heterocycles. The average Bonchev–Trinajstić information content (AvgIpc) is 2.62. The highest BCUT2D eigenvalue weighted by molar-refractivity contribution is 14.1. The third kappa shape index (κ3) is 3.04. The molecule has 0 fully saturated rings. The lowest BCUT2D eigenvalue weighted by atomic mass is 9.98. The Morgan fingerprint density at radius 3 is 2.50 bits per heavy atom. The van der Waals surface area contributed by atoms with Crippen molar-refractivity contribution in [1.82, 2.24) is 15.0 Å². The molecular formula is C16H12IN5O2. The van der Waals surface area contributed by atoms with Gasteiger partial charge < -0.3 is 5.73 Å². The molecule has 3 aromatic rings. The average molecular weight is 433 g/mol. The molecular weight excluding hydrogens is 421 g/mol. The maximum Gasteiger partial charge on any atom is 0.311 e. The van der Waals surface area contributed by atoms with Crippen LogP contribution in [-0.2, 0) is 4.43 Å². The molecule has 0 radical (unpaired) electrons. The molecule has 0 amide bonds. The first-order valence-electron chi connectivity index (χ1n) is 6.96. The van der Waals surface area contributed by atoms with Gasteiger partial charge in [-0.2, -0.15) is 0 Å². The van der Waals surface area contributed by atoms with Gasteiger partial charge in [0.15, 0.2) is 0 Å². The van der Waals surface area contributed by atoms with Gasteiger partial charge in [-0.3, -0.25) is 20.1 Å². The number of anilines is 1. The van der Waals surface area contributed by atoms with Crippen LogP contribution in [0.15, 0.2) is 49.1 Å². The Morgan fingerprint density at radius 2 is 1.83 bits per heavy atom. The Balaban J connectivity index is 2.33. The number of nitrogen functional groups attached to an aromatic ring is 1. The molecule has 120 valence electrons. The summed E-state index contributed by atoms with van der Waals surface area (Å²) in [4.78, 5) is 23.2. The van der Waals surface area contributed by atoms with E-state index in [1.54, 1.807) is 36.9 Å². The minimum Gasteiger partial charge on any atom is -0.378 e. The summed E-state index contributed by atoms with van der Waals surface area (Å²) >= 11 is 2.24. The molecule has 0 spiro atoms. The molecule has 7 nitrogen and oxygen atoms in total. The number of pyridine rings is 3. The number of aromatic nitrogens is 3. The summed E-state index contributed by atoms with van der Waals surface area (Å²) in [7, 11) is 0. The summed E-state index contributed by atoms with van der Waals surface area (Å²) in [5, 5.41) is 11.2. The molecule has 8 heteroatoms. The van der Waals surface area contributed by atoms with Crippen LogP contribution in [0.25, 0.3) is 22.4 Å². The van der Waals surface area contributed by atoms with Crippen molar-refractivity contribution >= 4 is 34.1 Å². The number of hydrogen-bond acceptors (Lipinski definition) is 6. The van der Waals surface area contributed by atoms with Gasteiger partial charge in [0.05, 0.1) is 10.6 Å². The number of alkyl halides is 1. The molecule has 3 aromatic heterocycles. The largest absolute Gasteiger partial charge is 0.378 e. The highest BCUT2D eigenvalue weighted by Crippen LogP contribution is 2.37. The summed E-state index contributed by atoms with van der Waals surface area (Å²) in [6, 6.07) is 6.87. The number of halogens is 1. The van der Waals surface area contributed by atoms with Crippen LogP contribution in [0.5, 0.6) is 0 Å². The van der Waals surface area contributed by atoms with Crippen molar-refractivity contribution in [2.24, 2.45) is 0 Å². The van der Waals surface area contributed by atoms with Gasteiger partial charge in [-0.05, 0) is 29.3 Å². The smallest absolute Gasteiger partial charge is 0.311 e. The van der Waals surface area contributed by atoms with E-state index in [1.165, 1.54) is 6.07 Å². The van der Waals surface area contributed by atoms with E-state index in [0.717, 1.165) is 21.1 Å². The number of nitrogens with two attached hydrogens (primary N) is 1. The van der Waals surface area contributed by atoms with Crippen molar-refractivity contribution < 1.29 is 4.92 Å². The van der Waals surface area contributed by atoms with Crippen molar-refractivity contribution in [3.8, 4) is 22.4 Å². The van der Waals surface area contributed by atoms with E-state index >= 15 is 0 Å². The molecule has 0 aliphatic heterocycles. The third-order valence-corrected chi connectivity index (χ3v) is 4.34. The normalized spacial score (nSPS) is 10.5. The van der Waals surface area contributed by atoms with Gasteiger partial charge in [-0.1, -0.05) is 22.6 Å². The van der Waals surface area contributed by atoms with Crippen molar-refractivity contribution in [2.45, 2.75) is 4.43 Å². The van der Waals surface area contributed by atoms with Crippen molar-refractivity contribution in [2.75, 3.05) is 5.73 Å². The van der Waals surface area contributed by atoms with E-state index in [2.05, 4.69) is 37.5 Å². The van der Waals surface area contributed by atoms with Gasteiger partial charge in [0.2, 0.25) is 5.82 Å². The SMILES string of the molecule is Nc1nc(-c2ccncc2CI)c(-c2ccncc2)cc1[N+](=O)[O-]. The molecule has 0 unspecified atom stereocenters. The molecule has 3 heterocycles. The molecule has 24 heavy (non-hydrogen) atoms. The van der Waals surface area contributed by atoms with Gasteiger partial charge in [0, 0.05) is 46.4 Å². The van der Waals surface area contributed by atoms with Crippen molar-refractivity contribution in [1.29, 1.82) is 0 Å². The maximum absolute atomic E-state index is 11.2. The molecule has 0 aliphatic rings. The number of nitro groups is 1. The van der Waals surface area contributed by atoms with Crippen LogP contribution in [-0.4, -0.2) is 19.9 Å². The lowest BCUT2D eigenvalue weighted by Crippen LogP contribution is -2.03. The minimum absolute atomic E-state index is 0.107. The summed E-state index contributed by atoms with van der Waals surface area (Å²) < 4.78 is 0.731. The highest BCUT2D eigenvalue weighted by atomic mass is 127. The number of nitrogens with zero attached hydrogens (tertiary/aromatic N) is 4. The van der Waals surface area contributed by atoms with Crippen molar-refractivity contribution in [3.63, 3.8) is 0 Å². The minimum atomic E-state index is -0.525. The second-order valence-corrected chi connectivity index (χ2v) is 5.71. The Hall–Kier alpha value is -2.62. The first-order chi connectivity index (χ1) is 11.6. The summed E-state index contributed by atoms with van der Waals surface area (Å²) in [6.45, 7) is 0. The predicted octanol–water partition coefficient (Wildman–Crippen LogP) is 3.63. The molecule has 0 saturated carbocycles. The zero-order chi connectivity index (χ0) is 17.1. The van der Waals surface area contributed by atoms with Gasteiger partial charge in [0.25, 0.3) is 0 Å². The second kappa shape index (κ2) is 6.87. The van der Waals surface area contributed by atoms with Gasteiger partial charge in [0.1, 0.15) is 0 Å². The van der Waals surface area contributed by atoms with Crippen LogP contribution in [0, 0.1) is 10.1 Å². The monoisotopic (exact) mass is 433 g/mol. The standard InChI is InChI=1S/C16H12IN5O2/c17-8-11-9-20-6-3-12(11)15-13(10-1-4-19-5-2-10)7-14(22(23)24)16(18)21-15/h1-7,9H,8H2,(H2,18,21). The zero-order valence-corrected chi connectivity index (χ0v) is 14.5. The van der Waals surface area contributed by atoms with Crippen LogP contribution in [0.1, 0.15) is 5.56 Å². The number of rotatable bonds is 4. The van der Waals surface area contributed by atoms with Gasteiger partial charge in [-0.15, -0.1) is 0 Å². The van der Waals surface area contributed by atoms with Gasteiger partial charge in [-0.25, -0.2) is 4.98 Å². The van der Waals surface area contributed by atoms with Crippen LogP contribution in [0.3, 0.4) is 0 Å². The predicted molar refractivity (Wildman–Crippen MR) is 99.5 cm³/mol. The van der Waals surface area contributed by atoms with E-state index in [1.807, 2.05) is 6.07 Å². The van der Waals surface area contributed by atoms with E-state index < -0.39 is 4.92 Å². The molecule has 3 rings (SSSR count). The lowest BCUT2D eigenvalue weighted by Gasteiger charge is -2.13. The summed E-state index contributed by atoms with van der Waals surface area (Å²) in [5.74, 6) is -0.107. The Labute approximate surface area is 151 Å². The van der Waals surface area contributed by atoms with E-state index in [-0.39, 0.29) is 11.5 Å². The lowest BCUT2D eigenvalue weighted by molar-refractivity contribution is -0.384. The van der Waals surface area contributed by atoms with Crippen LogP contribution < -0.4 is 5.73 Å². The fraction of sp³-hybridized carbons (Fsp3) is 0.0625. The Morgan fingerprint density at radius 1 is 1.12 bits per heavy atom. The quantitative estimate of drug-likeness (QED) is 0.291. The molecule has 0 atom stereocenters. The van der Waals surface area contributed by atoms with Crippen LogP contribution >= 0.6 is 22.6 Å². The van der Waals surface area contributed by atoms with E-state index in [9.17, 15) is 10.1 Å². The first kappa shape index (κ1) is 16.2. The van der Waals surface area contributed by atoms with Crippen LogP contribution in [0.2, 0.25) is 0 Å². The van der Waals surface area contributed by atoms with Crippen LogP contribution in [0.4, 0.5) is 11.5 Å². The third-order valence-electron chi connectivity index (χ3n) is 3.52. The molecule has 2 N–H and O–H groups in total. The summed E-state index contributed by atoms with van der Waals surface area (Å²) in [5.41, 5.74) is 9.45. The molecule has 0 bridgehead atoms. The number of hydrogen-bond donors (Lipinski definition) is 1. The first-order valence-corrected chi connectivity index (χ1v) is 8.49. The summed E-state index contributed by atoms with van der Waals surface area (Å²) in [6.07, 6.45) is 6.69. The highest BCUT2D eigenvalue weighted by Gasteiger charge is 2.21. The maximum atomic E-state index is 11.2. The Bertz CT molecular complexity index is 902. The topological polar surface area (TPSA) is 108 Å². The second-order valence-electron chi connectivity index (χ2n) is 4.95. The fourth-order valence-corrected chi connectivity index (χ4v) is 2.99. The van der Waals surface area contributed by atoms with E-state index in [0.29, 0.717) is 11.3 Å². The van der Waals surface area contributed by atoms with E-state index in [4.69, 9.17) is 5.73 Å². The molecule has 0 aromatic carbocycles. The Kier molecular flexibility index (Phi) is 4.65. The van der Waals surface area contributed by atoms with Gasteiger partial charge >= 0.3 is 5.69 Å². The van der Waals surface area contributed by atoms with Crippen molar-refractivity contribution in [3.05, 3.63) is 64.7 Å². The fourth-order valence-electron chi connectivity index (χ4n) is 2.38. The zero-order valence-electron chi connectivity index (χ0n) is 12.4. The molecule has 0 aliphatic carbocycles.